The van der Waals surface area contributed by atoms with Gasteiger partial charge in [-0.2, -0.15) is 0 Å². The lowest BCUT2D eigenvalue weighted by Gasteiger charge is -2.15. The summed E-state index contributed by atoms with van der Waals surface area (Å²) in [5.41, 5.74) is 0.846. The van der Waals surface area contributed by atoms with E-state index in [-0.39, 0.29) is 16.1 Å². The van der Waals surface area contributed by atoms with Crippen LogP contribution in [0.4, 0.5) is 18.2 Å². The van der Waals surface area contributed by atoms with E-state index >= 15 is 0 Å². The first kappa shape index (κ1) is 21.9. The number of halogens is 4. The van der Waals surface area contributed by atoms with Crippen LogP contribution in [0.5, 0.6) is 0 Å². The van der Waals surface area contributed by atoms with Gasteiger partial charge in [-0.15, -0.1) is 11.3 Å². The fraction of sp³-hybridized carbons (Fsp3) is 0.143. The highest BCUT2D eigenvalue weighted by molar-refractivity contribution is 7.18. The molecule has 0 bridgehead atoms. The van der Waals surface area contributed by atoms with Gasteiger partial charge in [-0.1, -0.05) is 17.7 Å². The summed E-state index contributed by atoms with van der Waals surface area (Å²) in [5, 5.41) is 5.65. The first-order valence-corrected chi connectivity index (χ1v) is 9.98. The molecule has 3 aromatic rings. The van der Waals surface area contributed by atoms with Crippen molar-refractivity contribution in [3.63, 3.8) is 0 Å². The van der Waals surface area contributed by atoms with Crippen LogP contribution in [0.15, 0.2) is 42.5 Å². The zero-order valence-corrected chi connectivity index (χ0v) is 17.4. The predicted molar refractivity (Wildman–Crippen MR) is 111 cm³/mol. The Hall–Kier alpha value is -2.84. The topological polar surface area (TPSA) is 58.2 Å². The fourth-order valence-electron chi connectivity index (χ4n) is 2.81. The molecule has 1 heterocycles. The van der Waals surface area contributed by atoms with Crippen molar-refractivity contribution in [3.05, 3.63) is 86.5 Å². The van der Waals surface area contributed by atoms with Gasteiger partial charge in [-0.3, -0.25) is 9.59 Å². The molecule has 1 atom stereocenters. The lowest BCUT2D eigenvalue weighted by Crippen LogP contribution is -2.27. The highest BCUT2D eigenvalue weighted by atomic mass is 35.5. The maximum Gasteiger partial charge on any atom is 0.262 e. The predicted octanol–water partition coefficient (Wildman–Crippen LogP) is 5.87. The summed E-state index contributed by atoms with van der Waals surface area (Å²) < 4.78 is 40.2. The number of thiophene rings is 1. The minimum atomic E-state index is -0.755. The standard InChI is InChI=1S/C21H16ClF3N2O2S/c1-10-7-18(27-20(28)15-6-4-12(23)8-16(15)22)30-19(10)21(29)26-11(2)14-5-3-13(24)9-17(14)25/h3-9,11H,1-2H3,(H,26,29)(H,27,28). The van der Waals surface area contributed by atoms with E-state index in [0.29, 0.717) is 15.4 Å². The fourth-order valence-corrected chi connectivity index (χ4v) is 4.04. The number of hydrogen-bond donors (Lipinski definition) is 2. The first-order chi connectivity index (χ1) is 14.2. The molecule has 0 radical (unpaired) electrons. The van der Waals surface area contributed by atoms with Crippen LogP contribution in [0, 0.1) is 24.4 Å². The quantitative estimate of drug-likeness (QED) is 0.508. The van der Waals surface area contributed by atoms with Gasteiger partial charge < -0.3 is 10.6 Å². The van der Waals surface area contributed by atoms with E-state index in [1.165, 1.54) is 12.1 Å². The Kier molecular flexibility index (Phi) is 6.48. The molecule has 2 N–H and O–H groups in total. The second-order valence-electron chi connectivity index (χ2n) is 6.56. The normalized spacial score (nSPS) is 11.8. The number of carbonyl (C=O) groups is 2. The van der Waals surface area contributed by atoms with Gasteiger partial charge in [0.25, 0.3) is 11.8 Å². The molecule has 0 aliphatic carbocycles. The van der Waals surface area contributed by atoms with Gasteiger partial charge in [0.15, 0.2) is 0 Å². The molecule has 1 unspecified atom stereocenters. The van der Waals surface area contributed by atoms with E-state index in [1.54, 1.807) is 19.9 Å². The number of hydrogen-bond acceptors (Lipinski definition) is 3. The number of aryl methyl sites for hydroxylation is 1. The Labute approximate surface area is 179 Å². The Balaban J connectivity index is 1.73. The smallest absolute Gasteiger partial charge is 0.262 e. The number of benzene rings is 2. The monoisotopic (exact) mass is 452 g/mol. The molecule has 0 saturated carbocycles. The van der Waals surface area contributed by atoms with Gasteiger partial charge in [0.05, 0.1) is 26.5 Å². The molecule has 0 aliphatic rings. The van der Waals surface area contributed by atoms with Gasteiger partial charge in [-0.05, 0) is 49.7 Å². The molecule has 0 fully saturated rings. The molecule has 0 saturated heterocycles. The van der Waals surface area contributed by atoms with Crippen molar-refractivity contribution in [1.29, 1.82) is 0 Å². The van der Waals surface area contributed by atoms with E-state index < -0.39 is 35.3 Å². The summed E-state index contributed by atoms with van der Waals surface area (Å²) in [6, 6.07) is 7.47. The molecule has 156 valence electrons. The van der Waals surface area contributed by atoms with E-state index in [4.69, 9.17) is 11.6 Å². The number of carbonyl (C=O) groups excluding carboxylic acids is 2. The summed E-state index contributed by atoms with van der Waals surface area (Å²) in [6.45, 7) is 3.27. The van der Waals surface area contributed by atoms with Gasteiger partial charge in [0.1, 0.15) is 17.5 Å². The summed E-state index contributed by atoms with van der Waals surface area (Å²) in [7, 11) is 0. The molecule has 2 amide bonds. The molecule has 4 nitrogen and oxygen atoms in total. The van der Waals surface area contributed by atoms with Crippen LogP contribution < -0.4 is 10.6 Å². The van der Waals surface area contributed by atoms with Crippen molar-refractivity contribution in [3.8, 4) is 0 Å². The van der Waals surface area contributed by atoms with E-state index in [2.05, 4.69) is 10.6 Å². The summed E-state index contributed by atoms with van der Waals surface area (Å²) in [5.74, 6) is -3.03. The van der Waals surface area contributed by atoms with Crippen LogP contribution >= 0.6 is 22.9 Å². The Morgan fingerprint density at radius 1 is 1.00 bits per heavy atom. The van der Waals surface area contributed by atoms with Crippen molar-refractivity contribution in [2.24, 2.45) is 0 Å². The Morgan fingerprint density at radius 2 is 1.67 bits per heavy atom. The van der Waals surface area contributed by atoms with Crippen LogP contribution in [-0.2, 0) is 0 Å². The minimum absolute atomic E-state index is 0.0334. The molecular formula is C21H16ClF3N2O2S. The third-order valence-electron chi connectivity index (χ3n) is 4.31. The highest BCUT2D eigenvalue weighted by Crippen LogP contribution is 2.29. The minimum Gasteiger partial charge on any atom is -0.345 e. The van der Waals surface area contributed by atoms with Gasteiger partial charge in [0.2, 0.25) is 0 Å². The number of anilines is 1. The SMILES string of the molecule is Cc1cc(NC(=O)c2ccc(F)cc2Cl)sc1C(=O)NC(C)c1ccc(F)cc1F. The third-order valence-corrected chi connectivity index (χ3v) is 5.78. The second kappa shape index (κ2) is 8.89. The van der Waals surface area contributed by atoms with Crippen LogP contribution in [-0.4, -0.2) is 11.8 Å². The highest BCUT2D eigenvalue weighted by Gasteiger charge is 2.20. The molecule has 9 heteroatoms. The van der Waals surface area contributed by atoms with Crippen LogP contribution in [0.3, 0.4) is 0 Å². The lowest BCUT2D eigenvalue weighted by molar-refractivity contribution is 0.0942. The van der Waals surface area contributed by atoms with Crippen LogP contribution in [0.1, 0.15) is 44.1 Å². The Morgan fingerprint density at radius 3 is 2.33 bits per heavy atom. The van der Waals surface area contributed by atoms with Gasteiger partial charge >= 0.3 is 0 Å². The maximum atomic E-state index is 13.9. The summed E-state index contributed by atoms with van der Waals surface area (Å²) >= 11 is 6.93. The summed E-state index contributed by atoms with van der Waals surface area (Å²) in [4.78, 5) is 25.3. The van der Waals surface area contributed by atoms with E-state index in [9.17, 15) is 22.8 Å². The van der Waals surface area contributed by atoms with Crippen molar-refractivity contribution in [2.75, 3.05) is 5.32 Å². The van der Waals surface area contributed by atoms with E-state index in [1.807, 2.05) is 0 Å². The lowest BCUT2D eigenvalue weighted by atomic mass is 10.1. The molecule has 2 aromatic carbocycles. The Bertz CT molecular complexity index is 1130. The van der Waals surface area contributed by atoms with Crippen molar-refractivity contribution < 1.29 is 22.8 Å². The summed E-state index contributed by atoms with van der Waals surface area (Å²) in [6.07, 6.45) is 0. The van der Waals surface area contributed by atoms with Crippen molar-refractivity contribution in [2.45, 2.75) is 19.9 Å². The molecule has 0 spiro atoms. The second-order valence-corrected chi connectivity index (χ2v) is 8.02. The zero-order valence-electron chi connectivity index (χ0n) is 15.9. The molecular weight excluding hydrogens is 437 g/mol. The van der Waals surface area contributed by atoms with Crippen LogP contribution in [0.2, 0.25) is 5.02 Å². The number of nitrogens with one attached hydrogen (secondary N) is 2. The molecule has 3 rings (SSSR count). The van der Waals surface area contributed by atoms with Crippen molar-refractivity contribution in [1.82, 2.24) is 5.32 Å². The van der Waals surface area contributed by atoms with Gasteiger partial charge in [0, 0.05) is 11.6 Å². The third kappa shape index (κ3) is 4.83. The average molecular weight is 453 g/mol. The number of rotatable bonds is 5. The zero-order chi connectivity index (χ0) is 22.0. The molecule has 30 heavy (non-hydrogen) atoms. The molecule has 1 aromatic heterocycles. The van der Waals surface area contributed by atoms with Crippen molar-refractivity contribution >= 4 is 39.8 Å². The van der Waals surface area contributed by atoms with Crippen LogP contribution in [0.25, 0.3) is 0 Å². The van der Waals surface area contributed by atoms with E-state index in [0.717, 1.165) is 35.6 Å². The molecule has 0 aliphatic heterocycles. The first-order valence-electron chi connectivity index (χ1n) is 8.78. The maximum absolute atomic E-state index is 13.9. The van der Waals surface area contributed by atoms with Gasteiger partial charge in [-0.25, -0.2) is 13.2 Å². The number of amides is 2. The average Bonchev–Trinajstić information content (AvgIpc) is 3.01. The largest absolute Gasteiger partial charge is 0.345 e.